The number of hydrogen-bond acceptors (Lipinski definition) is 3. The van der Waals surface area contributed by atoms with Gasteiger partial charge in [-0.1, -0.05) is 0 Å². The second-order valence-electron chi connectivity index (χ2n) is 5.63. The van der Waals surface area contributed by atoms with E-state index in [2.05, 4.69) is 20.8 Å². The minimum absolute atomic E-state index is 0.00243. The Morgan fingerprint density at radius 1 is 1.56 bits per heavy atom. The molecule has 1 atom stereocenters. The van der Waals surface area contributed by atoms with E-state index in [1.165, 1.54) is 19.3 Å². The summed E-state index contributed by atoms with van der Waals surface area (Å²) in [6.45, 7) is 2.88. The first kappa shape index (κ1) is 11.7. The Bertz CT molecular complexity index is 450. The van der Waals surface area contributed by atoms with E-state index < -0.39 is 0 Å². The number of nitrogens with one attached hydrogen (secondary N) is 3. The topological polar surface area (TPSA) is 69.8 Å². The molecule has 0 aromatic carbocycles. The number of rotatable bonds is 2. The number of carbonyl (C=O) groups excluding carboxylic acids is 1. The summed E-state index contributed by atoms with van der Waals surface area (Å²) in [6, 6.07) is 0.299. The van der Waals surface area contributed by atoms with E-state index in [4.69, 9.17) is 0 Å². The van der Waals surface area contributed by atoms with Gasteiger partial charge in [-0.25, -0.2) is 0 Å². The zero-order valence-corrected chi connectivity index (χ0v) is 10.8. The van der Waals surface area contributed by atoms with Crippen LogP contribution in [0.3, 0.4) is 0 Å². The van der Waals surface area contributed by atoms with E-state index in [1.54, 1.807) is 6.20 Å². The zero-order chi connectivity index (χ0) is 12.6. The van der Waals surface area contributed by atoms with Gasteiger partial charge in [-0.15, -0.1) is 0 Å². The second-order valence-corrected chi connectivity index (χ2v) is 5.63. The number of carbonyl (C=O) groups is 1. The summed E-state index contributed by atoms with van der Waals surface area (Å²) < 4.78 is 0. The van der Waals surface area contributed by atoms with Gasteiger partial charge in [0, 0.05) is 17.3 Å². The normalized spacial score (nSPS) is 25.7. The molecule has 3 rings (SSSR count). The Labute approximate surface area is 107 Å². The van der Waals surface area contributed by atoms with Gasteiger partial charge >= 0.3 is 0 Å². The molecule has 3 N–H and O–H groups in total. The van der Waals surface area contributed by atoms with Crippen LogP contribution in [0, 0.1) is 6.92 Å². The number of aromatic nitrogens is 2. The van der Waals surface area contributed by atoms with Gasteiger partial charge in [0.25, 0.3) is 5.91 Å². The van der Waals surface area contributed by atoms with Crippen molar-refractivity contribution in [2.24, 2.45) is 0 Å². The highest BCUT2D eigenvalue weighted by Gasteiger charge is 2.41. The van der Waals surface area contributed by atoms with Crippen molar-refractivity contribution in [3.63, 3.8) is 0 Å². The van der Waals surface area contributed by atoms with Crippen LogP contribution >= 0.6 is 0 Å². The number of hydrogen-bond donors (Lipinski definition) is 3. The largest absolute Gasteiger partial charge is 0.349 e. The Morgan fingerprint density at radius 3 is 3.00 bits per heavy atom. The molecule has 2 heterocycles. The van der Waals surface area contributed by atoms with Crippen LogP contribution in [0.25, 0.3) is 0 Å². The first-order valence-electron chi connectivity index (χ1n) is 6.74. The van der Waals surface area contributed by atoms with Gasteiger partial charge in [0.05, 0.1) is 11.8 Å². The molecule has 2 aliphatic rings. The minimum Gasteiger partial charge on any atom is -0.349 e. The summed E-state index contributed by atoms with van der Waals surface area (Å²) in [5.74, 6) is 0.00243. The summed E-state index contributed by atoms with van der Waals surface area (Å²) >= 11 is 0. The Kier molecular flexibility index (Phi) is 2.86. The molecule has 1 saturated heterocycles. The molecule has 0 radical (unpaired) electrons. The fourth-order valence-electron chi connectivity index (χ4n) is 3.11. The van der Waals surface area contributed by atoms with Crippen molar-refractivity contribution in [2.45, 2.75) is 50.6 Å². The molecule has 1 aliphatic carbocycles. The Balaban J connectivity index is 1.62. The second kappa shape index (κ2) is 4.39. The molecule has 18 heavy (non-hydrogen) atoms. The molecule has 5 nitrogen and oxygen atoms in total. The van der Waals surface area contributed by atoms with E-state index in [0.717, 1.165) is 25.1 Å². The van der Waals surface area contributed by atoms with Crippen molar-refractivity contribution in [1.29, 1.82) is 0 Å². The third kappa shape index (κ3) is 2.03. The van der Waals surface area contributed by atoms with Gasteiger partial charge in [-0.3, -0.25) is 9.89 Å². The smallest absolute Gasteiger partial charge is 0.254 e. The number of H-pyrrole nitrogens is 1. The SMILES string of the molecule is Cc1[nH]ncc1C(=O)NC1CCNC2(CCC2)C1. The van der Waals surface area contributed by atoms with Gasteiger partial charge in [-0.2, -0.15) is 5.10 Å². The highest BCUT2D eigenvalue weighted by Crippen LogP contribution is 2.38. The molecule has 1 amide bonds. The maximum absolute atomic E-state index is 12.1. The van der Waals surface area contributed by atoms with Crippen LogP contribution in [0.2, 0.25) is 0 Å². The fraction of sp³-hybridized carbons (Fsp3) is 0.692. The third-order valence-electron chi connectivity index (χ3n) is 4.35. The minimum atomic E-state index is 0.00243. The van der Waals surface area contributed by atoms with E-state index in [1.807, 2.05) is 6.92 Å². The Morgan fingerprint density at radius 2 is 2.39 bits per heavy atom. The van der Waals surface area contributed by atoms with Gasteiger partial charge in [-0.05, 0) is 45.6 Å². The predicted octanol–water partition coefficient (Wildman–Crippen LogP) is 1.12. The predicted molar refractivity (Wildman–Crippen MR) is 68.4 cm³/mol. The van der Waals surface area contributed by atoms with Crippen LogP contribution in [0.1, 0.15) is 48.2 Å². The number of aryl methyl sites for hydroxylation is 1. The van der Waals surface area contributed by atoms with Crippen LogP contribution in [0.5, 0.6) is 0 Å². The molecule has 5 heteroatoms. The number of amides is 1. The average molecular weight is 248 g/mol. The van der Waals surface area contributed by atoms with Crippen LogP contribution in [0.4, 0.5) is 0 Å². The van der Waals surface area contributed by atoms with E-state index in [9.17, 15) is 4.79 Å². The lowest BCUT2D eigenvalue weighted by Gasteiger charge is -2.48. The van der Waals surface area contributed by atoms with E-state index >= 15 is 0 Å². The highest BCUT2D eigenvalue weighted by molar-refractivity contribution is 5.95. The molecule has 0 bridgehead atoms. The van der Waals surface area contributed by atoms with Gasteiger partial charge in [0.1, 0.15) is 0 Å². The number of nitrogens with zero attached hydrogens (tertiary/aromatic N) is 1. The van der Waals surface area contributed by atoms with Crippen molar-refractivity contribution < 1.29 is 4.79 Å². The quantitative estimate of drug-likeness (QED) is 0.734. The van der Waals surface area contributed by atoms with E-state index in [-0.39, 0.29) is 5.91 Å². The lowest BCUT2D eigenvalue weighted by Crippen LogP contribution is -2.59. The van der Waals surface area contributed by atoms with Crippen molar-refractivity contribution in [3.8, 4) is 0 Å². The monoisotopic (exact) mass is 248 g/mol. The molecular formula is C13H20N4O. The van der Waals surface area contributed by atoms with Crippen LogP contribution < -0.4 is 10.6 Å². The van der Waals surface area contributed by atoms with Crippen LogP contribution in [-0.2, 0) is 0 Å². The van der Waals surface area contributed by atoms with Crippen LogP contribution in [0.15, 0.2) is 6.20 Å². The number of aromatic amines is 1. The summed E-state index contributed by atoms with van der Waals surface area (Å²) in [5.41, 5.74) is 1.82. The average Bonchev–Trinajstić information content (AvgIpc) is 2.74. The molecule has 2 fully saturated rings. The van der Waals surface area contributed by atoms with Gasteiger partial charge < -0.3 is 10.6 Å². The molecule has 1 aliphatic heterocycles. The first-order valence-corrected chi connectivity index (χ1v) is 6.74. The molecule has 1 saturated carbocycles. The van der Waals surface area contributed by atoms with E-state index in [0.29, 0.717) is 17.1 Å². The first-order chi connectivity index (χ1) is 8.69. The molecule has 98 valence electrons. The standard InChI is InChI=1S/C13H20N4O/c1-9-11(8-15-17-9)12(18)16-10-3-6-14-13(7-10)4-2-5-13/h8,10,14H,2-7H2,1H3,(H,15,17)(H,16,18). The summed E-state index contributed by atoms with van der Waals surface area (Å²) in [5, 5.41) is 13.5. The molecule has 1 spiro atoms. The molecule has 1 aromatic heterocycles. The fourth-order valence-corrected chi connectivity index (χ4v) is 3.11. The zero-order valence-electron chi connectivity index (χ0n) is 10.8. The molecule has 1 unspecified atom stereocenters. The summed E-state index contributed by atoms with van der Waals surface area (Å²) in [6.07, 6.45) is 7.51. The molecule has 1 aromatic rings. The lowest BCUT2D eigenvalue weighted by molar-refractivity contribution is 0.0852. The van der Waals surface area contributed by atoms with Gasteiger partial charge in [0.2, 0.25) is 0 Å². The third-order valence-corrected chi connectivity index (χ3v) is 4.35. The summed E-state index contributed by atoms with van der Waals surface area (Å²) in [4.78, 5) is 12.1. The summed E-state index contributed by atoms with van der Waals surface area (Å²) in [7, 11) is 0. The Hall–Kier alpha value is -1.36. The van der Waals surface area contributed by atoms with Crippen molar-refractivity contribution in [2.75, 3.05) is 6.54 Å². The lowest BCUT2D eigenvalue weighted by atomic mass is 9.70. The maximum Gasteiger partial charge on any atom is 0.254 e. The van der Waals surface area contributed by atoms with Crippen LogP contribution in [-0.4, -0.2) is 34.2 Å². The number of piperidine rings is 1. The van der Waals surface area contributed by atoms with Crippen molar-refractivity contribution >= 4 is 5.91 Å². The van der Waals surface area contributed by atoms with Crippen molar-refractivity contribution in [3.05, 3.63) is 17.5 Å². The van der Waals surface area contributed by atoms with Gasteiger partial charge in [0.15, 0.2) is 0 Å². The molecular weight excluding hydrogens is 228 g/mol. The van der Waals surface area contributed by atoms with Crippen molar-refractivity contribution in [1.82, 2.24) is 20.8 Å². The maximum atomic E-state index is 12.1. The highest BCUT2D eigenvalue weighted by atomic mass is 16.1.